The molecule has 1 aliphatic heterocycles. The zero-order valence-corrected chi connectivity index (χ0v) is 9.22. The van der Waals surface area contributed by atoms with E-state index in [1.807, 2.05) is 0 Å². The van der Waals surface area contributed by atoms with Crippen molar-refractivity contribution >= 4 is 17.3 Å². The number of nitrogens with zero attached hydrogens (tertiary/aromatic N) is 1. The second-order valence-electron chi connectivity index (χ2n) is 3.68. The fourth-order valence-electron chi connectivity index (χ4n) is 1.87. The summed E-state index contributed by atoms with van der Waals surface area (Å²) >= 11 is 1.41. The molecule has 0 unspecified atom stereocenters. The number of hydrogen-bond acceptors (Lipinski definition) is 4. The first kappa shape index (κ1) is 10.6. The maximum absolute atomic E-state index is 10.8. The highest BCUT2D eigenvalue weighted by Crippen LogP contribution is 2.27. The highest BCUT2D eigenvalue weighted by Gasteiger charge is 2.20. The highest BCUT2D eigenvalue weighted by atomic mass is 32.1. The summed E-state index contributed by atoms with van der Waals surface area (Å²) in [7, 11) is 0. The van der Waals surface area contributed by atoms with Crippen molar-refractivity contribution in [3.05, 3.63) is 21.4 Å². The summed E-state index contributed by atoms with van der Waals surface area (Å²) in [6.07, 6.45) is 0.952. The van der Waals surface area contributed by atoms with Gasteiger partial charge in [-0.2, -0.15) is 0 Å². The summed E-state index contributed by atoms with van der Waals surface area (Å²) in [6, 6.07) is 1.80. The maximum atomic E-state index is 10.8. The van der Waals surface area contributed by atoms with E-state index in [1.165, 1.54) is 16.2 Å². The number of aromatic carboxylic acids is 1. The lowest BCUT2D eigenvalue weighted by atomic mass is 10.1. The van der Waals surface area contributed by atoms with Gasteiger partial charge in [0, 0.05) is 31.1 Å². The number of hydrogen-bond donors (Lipinski definition) is 2. The average molecular weight is 226 g/mol. The molecule has 1 aromatic rings. The van der Waals surface area contributed by atoms with Crippen molar-refractivity contribution in [2.24, 2.45) is 5.73 Å². The van der Waals surface area contributed by atoms with E-state index in [4.69, 9.17) is 10.8 Å². The molecule has 1 aromatic heterocycles. The minimum absolute atomic E-state index is 0.453. The van der Waals surface area contributed by atoms with Gasteiger partial charge in [-0.05, 0) is 18.1 Å². The monoisotopic (exact) mass is 226 g/mol. The Morgan fingerprint density at radius 2 is 2.47 bits per heavy atom. The molecule has 5 heteroatoms. The molecule has 0 fully saturated rings. The van der Waals surface area contributed by atoms with Crippen LogP contribution >= 0.6 is 11.3 Å². The third-order valence-corrected chi connectivity index (χ3v) is 3.83. The molecule has 0 spiro atoms. The molecule has 0 bridgehead atoms. The third-order valence-electron chi connectivity index (χ3n) is 2.60. The topological polar surface area (TPSA) is 66.6 Å². The van der Waals surface area contributed by atoms with Gasteiger partial charge >= 0.3 is 5.97 Å². The first-order valence-electron chi connectivity index (χ1n) is 4.98. The van der Waals surface area contributed by atoms with Crippen LogP contribution in [0.25, 0.3) is 0 Å². The summed E-state index contributed by atoms with van der Waals surface area (Å²) in [5, 5.41) is 8.88. The molecule has 0 aromatic carbocycles. The van der Waals surface area contributed by atoms with Crippen molar-refractivity contribution in [3.8, 4) is 0 Å². The summed E-state index contributed by atoms with van der Waals surface area (Å²) < 4.78 is 0. The standard InChI is InChI=1S/C10H14N2O2S/c11-2-4-12-3-1-8-7(6-12)5-9(15-8)10(13)14/h5H,1-4,6,11H2,(H,13,14). The van der Waals surface area contributed by atoms with Crippen LogP contribution in [-0.2, 0) is 13.0 Å². The van der Waals surface area contributed by atoms with Gasteiger partial charge in [0.2, 0.25) is 0 Å². The molecule has 1 aliphatic rings. The number of carboxylic acid groups (broad SMARTS) is 1. The number of nitrogens with two attached hydrogens (primary N) is 1. The summed E-state index contributed by atoms with van der Waals surface area (Å²) in [4.78, 5) is 14.7. The van der Waals surface area contributed by atoms with Crippen molar-refractivity contribution in [3.63, 3.8) is 0 Å². The van der Waals surface area contributed by atoms with Gasteiger partial charge in [-0.25, -0.2) is 4.79 Å². The smallest absolute Gasteiger partial charge is 0.345 e. The van der Waals surface area contributed by atoms with Gasteiger partial charge < -0.3 is 10.8 Å². The summed E-state index contributed by atoms with van der Waals surface area (Å²) in [6.45, 7) is 3.38. The van der Waals surface area contributed by atoms with Crippen LogP contribution in [0.3, 0.4) is 0 Å². The number of fused-ring (bicyclic) bond motifs is 1. The lowest BCUT2D eigenvalue weighted by Crippen LogP contribution is -2.33. The van der Waals surface area contributed by atoms with Crippen LogP contribution in [0.5, 0.6) is 0 Å². The molecule has 82 valence electrons. The van der Waals surface area contributed by atoms with Gasteiger partial charge in [0.05, 0.1) is 0 Å². The van der Waals surface area contributed by atoms with Crippen LogP contribution in [0.15, 0.2) is 6.07 Å². The van der Waals surface area contributed by atoms with Crippen molar-refractivity contribution < 1.29 is 9.90 Å². The Hall–Kier alpha value is -0.910. The van der Waals surface area contributed by atoms with Crippen molar-refractivity contribution in [2.45, 2.75) is 13.0 Å². The van der Waals surface area contributed by atoms with E-state index in [0.717, 1.165) is 31.6 Å². The predicted octanol–water partition coefficient (Wildman–Crippen LogP) is 0.763. The second-order valence-corrected chi connectivity index (χ2v) is 4.82. The van der Waals surface area contributed by atoms with Crippen molar-refractivity contribution in [1.82, 2.24) is 4.90 Å². The number of carbonyl (C=O) groups is 1. The van der Waals surface area contributed by atoms with E-state index in [2.05, 4.69) is 4.90 Å². The van der Waals surface area contributed by atoms with Crippen LogP contribution in [0, 0.1) is 0 Å². The zero-order chi connectivity index (χ0) is 10.8. The van der Waals surface area contributed by atoms with E-state index in [9.17, 15) is 4.79 Å². The molecule has 0 aliphatic carbocycles. The lowest BCUT2D eigenvalue weighted by molar-refractivity contribution is 0.0702. The van der Waals surface area contributed by atoms with E-state index in [1.54, 1.807) is 6.07 Å². The second kappa shape index (κ2) is 4.30. The normalized spacial score (nSPS) is 16.3. The Morgan fingerprint density at radius 1 is 1.67 bits per heavy atom. The zero-order valence-electron chi connectivity index (χ0n) is 8.40. The minimum atomic E-state index is -0.820. The Morgan fingerprint density at radius 3 is 3.13 bits per heavy atom. The molecule has 2 heterocycles. The van der Waals surface area contributed by atoms with Crippen molar-refractivity contribution in [1.29, 1.82) is 0 Å². The van der Waals surface area contributed by atoms with Crippen molar-refractivity contribution in [2.75, 3.05) is 19.6 Å². The maximum Gasteiger partial charge on any atom is 0.345 e. The van der Waals surface area contributed by atoms with E-state index < -0.39 is 5.97 Å². The molecular formula is C10H14N2O2S. The SMILES string of the molecule is NCCN1CCc2sc(C(=O)O)cc2C1. The van der Waals surface area contributed by atoms with Gasteiger partial charge in [-0.3, -0.25) is 4.90 Å². The Labute approximate surface area is 92.3 Å². The molecule has 0 atom stereocenters. The quantitative estimate of drug-likeness (QED) is 0.798. The van der Waals surface area contributed by atoms with Gasteiger partial charge in [0.25, 0.3) is 0 Å². The molecular weight excluding hydrogens is 212 g/mol. The molecule has 4 nitrogen and oxygen atoms in total. The van der Waals surface area contributed by atoms with E-state index >= 15 is 0 Å². The van der Waals surface area contributed by atoms with Crippen LogP contribution < -0.4 is 5.73 Å². The van der Waals surface area contributed by atoms with Gasteiger partial charge in [0.1, 0.15) is 4.88 Å². The highest BCUT2D eigenvalue weighted by molar-refractivity contribution is 7.14. The molecule has 15 heavy (non-hydrogen) atoms. The first-order chi connectivity index (χ1) is 7.20. The first-order valence-corrected chi connectivity index (χ1v) is 5.79. The van der Waals surface area contributed by atoms with Crippen LogP contribution in [-0.4, -0.2) is 35.6 Å². The molecule has 0 saturated heterocycles. The predicted molar refractivity (Wildman–Crippen MR) is 59.3 cm³/mol. The number of thiophene rings is 1. The average Bonchev–Trinajstić information content (AvgIpc) is 2.61. The van der Waals surface area contributed by atoms with Crippen LogP contribution in [0.4, 0.5) is 0 Å². The van der Waals surface area contributed by atoms with E-state index in [0.29, 0.717) is 11.4 Å². The van der Waals surface area contributed by atoms with Crippen LogP contribution in [0.2, 0.25) is 0 Å². The molecule has 3 N–H and O–H groups in total. The molecule has 0 radical (unpaired) electrons. The largest absolute Gasteiger partial charge is 0.477 e. The van der Waals surface area contributed by atoms with Gasteiger partial charge in [-0.15, -0.1) is 11.3 Å². The van der Waals surface area contributed by atoms with E-state index in [-0.39, 0.29) is 0 Å². The Balaban J connectivity index is 2.15. The van der Waals surface area contributed by atoms with Crippen LogP contribution in [0.1, 0.15) is 20.1 Å². The van der Waals surface area contributed by atoms with Gasteiger partial charge in [-0.1, -0.05) is 0 Å². The minimum Gasteiger partial charge on any atom is -0.477 e. The number of rotatable bonds is 3. The fourth-order valence-corrected chi connectivity index (χ4v) is 2.87. The molecule has 0 saturated carbocycles. The third kappa shape index (κ3) is 2.19. The molecule has 2 rings (SSSR count). The Kier molecular flexibility index (Phi) is 3.04. The lowest BCUT2D eigenvalue weighted by Gasteiger charge is -2.25. The van der Waals surface area contributed by atoms with Gasteiger partial charge in [0.15, 0.2) is 0 Å². The number of carboxylic acids is 1. The summed E-state index contributed by atoms with van der Waals surface area (Å²) in [5.41, 5.74) is 6.66. The Bertz CT molecular complexity index is 375. The summed E-state index contributed by atoms with van der Waals surface area (Å²) in [5.74, 6) is -0.820. The fraction of sp³-hybridized carbons (Fsp3) is 0.500. The molecule has 0 amide bonds.